The van der Waals surface area contributed by atoms with Crippen molar-refractivity contribution in [2.45, 2.75) is 0 Å². The van der Waals surface area contributed by atoms with Crippen LogP contribution in [0, 0.1) is 0 Å². The first-order valence-electron chi connectivity index (χ1n) is 8.00. The quantitative estimate of drug-likeness (QED) is 0.569. The van der Waals surface area contributed by atoms with E-state index in [1.165, 1.54) is 11.3 Å². The number of aromatic nitrogens is 3. The molecular formula is C19H15N5OS. The maximum absolute atomic E-state index is 11.3. The highest BCUT2D eigenvalue weighted by Gasteiger charge is 2.16. The Bertz CT molecular complexity index is 1060. The van der Waals surface area contributed by atoms with Crippen molar-refractivity contribution in [1.82, 2.24) is 15.0 Å². The molecule has 0 aliphatic carbocycles. The van der Waals surface area contributed by atoms with Crippen LogP contribution in [0.5, 0.6) is 0 Å². The van der Waals surface area contributed by atoms with E-state index in [1.54, 1.807) is 6.20 Å². The third-order valence-electron chi connectivity index (χ3n) is 3.84. The Labute approximate surface area is 153 Å². The fraction of sp³-hybridized carbons (Fsp3) is 0.0526. The van der Waals surface area contributed by atoms with Crippen LogP contribution in [-0.2, 0) is 4.79 Å². The fourth-order valence-electron chi connectivity index (χ4n) is 2.68. The highest BCUT2D eigenvalue weighted by molar-refractivity contribution is 7.17. The van der Waals surface area contributed by atoms with Gasteiger partial charge in [0.15, 0.2) is 5.82 Å². The van der Waals surface area contributed by atoms with Gasteiger partial charge < -0.3 is 11.1 Å². The van der Waals surface area contributed by atoms with Crippen molar-refractivity contribution in [3.05, 3.63) is 60.1 Å². The Balaban J connectivity index is 1.90. The van der Waals surface area contributed by atoms with Crippen molar-refractivity contribution in [3.8, 4) is 22.6 Å². The highest BCUT2D eigenvalue weighted by Crippen LogP contribution is 2.37. The van der Waals surface area contributed by atoms with Crippen LogP contribution in [0.2, 0.25) is 0 Å². The van der Waals surface area contributed by atoms with E-state index in [4.69, 9.17) is 5.73 Å². The van der Waals surface area contributed by atoms with Gasteiger partial charge in [0, 0.05) is 17.1 Å². The van der Waals surface area contributed by atoms with Crippen LogP contribution in [0.4, 0.5) is 5.82 Å². The molecule has 4 aromatic rings. The van der Waals surface area contributed by atoms with E-state index in [9.17, 15) is 4.79 Å². The topological polar surface area (TPSA) is 93.8 Å². The zero-order valence-electron chi connectivity index (χ0n) is 13.7. The maximum atomic E-state index is 11.3. The molecule has 4 rings (SSSR count). The van der Waals surface area contributed by atoms with Crippen molar-refractivity contribution in [2.24, 2.45) is 5.73 Å². The van der Waals surface area contributed by atoms with Gasteiger partial charge in [0.05, 0.1) is 11.9 Å². The van der Waals surface area contributed by atoms with Crippen LogP contribution in [0.1, 0.15) is 0 Å². The third-order valence-corrected chi connectivity index (χ3v) is 4.71. The molecule has 0 unspecified atom stereocenters. The van der Waals surface area contributed by atoms with E-state index in [0.29, 0.717) is 17.3 Å². The summed E-state index contributed by atoms with van der Waals surface area (Å²) in [4.78, 5) is 25.7. The maximum Gasteiger partial charge on any atom is 0.236 e. The first kappa shape index (κ1) is 16.2. The largest absolute Gasteiger partial charge is 0.368 e. The van der Waals surface area contributed by atoms with Crippen molar-refractivity contribution in [2.75, 3.05) is 11.9 Å². The highest BCUT2D eigenvalue weighted by atomic mass is 32.1. The number of benzene rings is 1. The molecule has 0 aliphatic heterocycles. The van der Waals surface area contributed by atoms with Gasteiger partial charge in [-0.25, -0.2) is 9.97 Å². The van der Waals surface area contributed by atoms with E-state index < -0.39 is 5.91 Å². The van der Waals surface area contributed by atoms with Crippen LogP contribution in [0.3, 0.4) is 0 Å². The molecule has 26 heavy (non-hydrogen) atoms. The molecule has 0 saturated carbocycles. The molecule has 0 fully saturated rings. The number of anilines is 1. The molecule has 0 radical (unpaired) electrons. The summed E-state index contributed by atoms with van der Waals surface area (Å²) in [6.07, 6.45) is 1.70. The molecule has 3 N–H and O–H groups in total. The summed E-state index contributed by atoms with van der Waals surface area (Å²) in [6.45, 7) is -0.00213. The third kappa shape index (κ3) is 3.12. The van der Waals surface area contributed by atoms with Gasteiger partial charge in [0.25, 0.3) is 0 Å². The Kier molecular flexibility index (Phi) is 4.28. The zero-order chi connectivity index (χ0) is 17.9. The van der Waals surface area contributed by atoms with Gasteiger partial charge in [-0.3, -0.25) is 9.78 Å². The van der Waals surface area contributed by atoms with Crippen LogP contribution < -0.4 is 11.1 Å². The van der Waals surface area contributed by atoms with Crippen molar-refractivity contribution in [1.29, 1.82) is 0 Å². The van der Waals surface area contributed by atoms with E-state index >= 15 is 0 Å². The van der Waals surface area contributed by atoms with Gasteiger partial charge in [-0.05, 0) is 17.7 Å². The minimum Gasteiger partial charge on any atom is -0.368 e. The predicted octanol–water partition coefficient (Wildman–Crippen LogP) is 3.32. The lowest BCUT2D eigenvalue weighted by atomic mass is 10.1. The number of fused-ring (bicyclic) bond motifs is 1. The standard InChI is InChI=1S/C19H15N5OS/c20-15(25)10-22-18-16-13(12-6-2-1-3-7-12)11-26-19(16)24-17(23-18)14-8-4-5-9-21-14/h1-9,11H,10H2,(H2,20,25)(H,22,23,24). The number of hydrogen-bond donors (Lipinski definition) is 2. The SMILES string of the molecule is NC(=O)CNc1nc(-c2ccccn2)nc2scc(-c3ccccc3)c12. The second-order valence-corrected chi connectivity index (χ2v) is 6.48. The van der Waals surface area contributed by atoms with Crippen molar-refractivity contribution < 1.29 is 4.79 Å². The fourth-order valence-corrected chi connectivity index (χ4v) is 3.63. The summed E-state index contributed by atoms with van der Waals surface area (Å²) in [7, 11) is 0. The zero-order valence-corrected chi connectivity index (χ0v) is 14.5. The average Bonchev–Trinajstić information content (AvgIpc) is 3.11. The number of carbonyl (C=O) groups excluding carboxylic acids is 1. The van der Waals surface area contributed by atoms with Crippen molar-refractivity contribution >= 4 is 33.3 Å². The van der Waals surface area contributed by atoms with Gasteiger partial charge in [0.2, 0.25) is 5.91 Å². The van der Waals surface area contributed by atoms with Gasteiger partial charge >= 0.3 is 0 Å². The Hall–Kier alpha value is -3.32. The molecule has 0 aliphatic rings. The molecule has 0 bridgehead atoms. The lowest BCUT2D eigenvalue weighted by molar-refractivity contribution is -0.116. The van der Waals surface area contributed by atoms with Crippen molar-refractivity contribution in [3.63, 3.8) is 0 Å². The first-order valence-corrected chi connectivity index (χ1v) is 8.88. The van der Waals surface area contributed by atoms with Crippen LogP contribution in [0.15, 0.2) is 60.1 Å². The Morgan fingerprint density at radius 1 is 1.08 bits per heavy atom. The second kappa shape index (κ2) is 6.89. The van der Waals surface area contributed by atoms with Gasteiger partial charge in [0.1, 0.15) is 16.3 Å². The summed E-state index contributed by atoms with van der Waals surface area (Å²) in [6, 6.07) is 15.6. The van der Waals surface area contributed by atoms with Crippen LogP contribution >= 0.6 is 11.3 Å². The minimum atomic E-state index is -0.451. The minimum absolute atomic E-state index is 0.00213. The summed E-state index contributed by atoms with van der Waals surface area (Å²) >= 11 is 1.53. The average molecular weight is 361 g/mol. The summed E-state index contributed by atoms with van der Waals surface area (Å²) in [5.74, 6) is 0.633. The van der Waals surface area contributed by atoms with E-state index in [2.05, 4.69) is 20.3 Å². The van der Waals surface area contributed by atoms with Crippen LogP contribution in [-0.4, -0.2) is 27.4 Å². The van der Waals surface area contributed by atoms with Gasteiger partial charge in [-0.2, -0.15) is 0 Å². The van der Waals surface area contributed by atoms with E-state index in [-0.39, 0.29) is 6.54 Å². The number of amides is 1. The molecular weight excluding hydrogens is 346 g/mol. The number of thiophene rings is 1. The molecule has 0 atom stereocenters. The lowest BCUT2D eigenvalue weighted by Crippen LogP contribution is -2.22. The number of nitrogens with zero attached hydrogens (tertiary/aromatic N) is 3. The summed E-state index contributed by atoms with van der Waals surface area (Å²) < 4.78 is 0. The summed E-state index contributed by atoms with van der Waals surface area (Å²) in [5, 5.41) is 5.97. The Morgan fingerprint density at radius 2 is 1.88 bits per heavy atom. The molecule has 0 saturated heterocycles. The van der Waals surface area contributed by atoms with Gasteiger partial charge in [-0.1, -0.05) is 36.4 Å². The predicted molar refractivity (Wildman–Crippen MR) is 104 cm³/mol. The molecule has 128 valence electrons. The Morgan fingerprint density at radius 3 is 2.62 bits per heavy atom. The van der Waals surface area contributed by atoms with E-state index in [1.807, 2.05) is 53.9 Å². The first-order chi connectivity index (χ1) is 12.7. The number of rotatable bonds is 5. The second-order valence-electron chi connectivity index (χ2n) is 5.63. The number of nitrogens with two attached hydrogens (primary N) is 1. The molecule has 0 spiro atoms. The van der Waals surface area contributed by atoms with Gasteiger partial charge in [-0.15, -0.1) is 11.3 Å². The number of hydrogen-bond acceptors (Lipinski definition) is 6. The number of nitrogens with one attached hydrogen (secondary N) is 1. The number of primary amides is 1. The van der Waals surface area contributed by atoms with E-state index in [0.717, 1.165) is 21.3 Å². The smallest absolute Gasteiger partial charge is 0.236 e. The van der Waals surface area contributed by atoms with Crippen LogP contribution in [0.25, 0.3) is 32.9 Å². The monoisotopic (exact) mass is 361 g/mol. The normalized spacial score (nSPS) is 10.8. The molecule has 1 amide bonds. The molecule has 7 heteroatoms. The summed E-state index contributed by atoms with van der Waals surface area (Å²) in [5.41, 5.74) is 8.06. The molecule has 3 aromatic heterocycles. The number of carbonyl (C=O) groups is 1. The molecule has 1 aromatic carbocycles. The molecule has 6 nitrogen and oxygen atoms in total. The molecule has 3 heterocycles. The lowest BCUT2D eigenvalue weighted by Gasteiger charge is -2.09. The number of pyridine rings is 1.